The first-order valence-electron chi connectivity index (χ1n) is 5.33. The minimum Gasteiger partial charge on any atom is -0.207 e. The molecule has 0 spiro atoms. The van der Waals surface area contributed by atoms with Gasteiger partial charge < -0.3 is 0 Å². The van der Waals surface area contributed by atoms with E-state index in [0.29, 0.717) is 11.9 Å². The van der Waals surface area contributed by atoms with Crippen molar-refractivity contribution < 1.29 is 8.42 Å². The molecule has 0 aliphatic rings. The first kappa shape index (κ1) is 16.4. The van der Waals surface area contributed by atoms with Gasteiger partial charge in [-0.05, 0) is 32.0 Å². The maximum Gasteiger partial charge on any atom is 0.244 e. The molecule has 0 bridgehead atoms. The lowest BCUT2D eigenvalue weighted by atomic mass is 10.4. The SMILES string of the molecule is CC(C)N(CCBr)S(=O)(=O)c1ccc(Br)cc1Cl. The Balaban J connectivity index is 3.26. The van der Waals surface area contributed by atoms with Crippen LogP contribution in [0.15, 0.2) is 27.6 Å². The Kier molecular flexibility index (Phi) is 6.12. The van der Waals surface area contributed by atoms with Gasteiger partial charge in [0.05, 0.1) is 5.02 Å². The van der Waals surface area contributed by atoms with E-state index in [4.69, 9.17) is 11.6 Å². The molecule has 1 aromatic carbocycles. The summed E-state index contributed by atoms with van der Waals surface area (Å²) in [5.41, 5.74) is 0. The largest absolute Gasteiger partial charge is 0.244 e. The van der Waals surface area contributed by atoms with E-state index in [0.717, 1.165) is 4.47 Å². The van der Waals surface area contributed by atoms with E-state index in [9.17, 15) is 8.42 Å². The zero-order valence-corrected chi connectivity index (χ0v) is 14.8. The number of hydrogen-bond acceptors (Lipinski definition) is 2. The van der Waals surface area contributed by atoms with E-state index in [2.05, 4.69) is 31.9 Å². The molecule has 0 N–H and O–H groups in total. The molecule has 0 atom stereocenters. The Hall–Kier alpha value is 0.380. The van der Waals surface area contributed by atoms with Gasteiger partial charge in [-0.2, -0.15) is 4.31 Å². The highest BCUT2D eigenvalue weighted by Gasteiger charge is 2.28. The topological polar surface area (TPSA) is 37.4 Å². The van der Waals surface area contributed by atoms with Gasteiger partial charge in [-0.3, -0.25) is 0 Å². The van der Waals surface area contributed by atoms with Gasteiger partial charge in [0.15, 0.2) is 0 Å². The quantitative estimate of drug-likeness (QED) is 0.679. The predicted octanol–water partition coefficient (Wildman–Crippen LogP) is 3.90. The first-order chi connectivity index (χ1) is 8.30. The summed E-state index contributed by atoms with van der Waals surface area (Å²) >= 11 is 12.5. The van der Waals surface area contributed by atoms with Crippen LogP contribution in [-0.2, 0) is 10.0 Å². The summed E-state index contributed by atoms with van der Waals surface area (Å²) < 4.78 is 27.2. The summed E-state index contributed by atoms with van der Waals surface area (Å²) in [6.07, 6.45) is 0. The second kappa shape index (κ2) is 6.70. The molecular formula is C11H14Br2ClNO2S. The number of rotatable bonds is 5. The molecule has 1 aromatic rings. The molecule has 0 amide bonds. The fraction of sp³-hybridized carbons (Fsp3) is 0.455. The smallest absolute Gasteiger partial charge is 0.207 e. The van der Waals surface area contributed by atoms with Crippen molar-refractivity contribution in [1.82, 2.24) is 4.31 Å². The minimum atomic E-state index is -3.56. The molecule has 0 aromatic heterocycles. The highest BCUT2D eigenvalue weighted by molar-refractivity contribution is 9.10. The average molecular weight is 420 g/mol. The van der Waals surface area contributed by atoms with E-state index in [1.807, 2.05) is 13.8 Å². The van der Waals surface area contributed by atoms with Gasteiger partial charge in [0.25, 0.3) is 0 Å². The number of nitrogens with zero attached hydrogens (tertiary/aromatic N) is 1. The summed E-state index contributed by atoms with van der Waals surface area (Å²) in [5.74, 6) is 0. The van der Waals surface area contributed by atoms with Crippen LogP contribution >= 0.6 is 43.5 Å². The highest BCUT2D eigenvalue weighted by atomic mass is 79.9. The molecule has 0 heterocycles. The van der Waals surface area contributed by atoms with Crippen LogP contribution < -0.4 is 0 Å². The van der Waals surface area contributed by atoms with E-state index < -0.39 is 10.0 Å². The number of alkyl halides is 1. The van der Waals surface area contributed by atoms with Crippen molar-refractivity contribution >= 4 is 53.5 Å². The van der Waals surface area contributed by atoms with Crippen LogP contribution in [0.3, 0.4) is 0 Å². The van der Waals surface area contributed by atoms with E-state index >= 15 is 0 Å². The fourth-order valence-electron chi connectivity index (χ4n) is 1.55. The molecule has 0 aliphatic carbocycles. The minimum absolute atomic E-state index is 0.118. The molecule has 0 radical (unpaired) electrons. The summed E-state index contributed by atoms with van der Waals surface area (Å²) in [5, 5.41) is 0.808. The Morgan fingerprint density at radius 2 is 2.00 bits per heavy atom. The van der Waals surface area contributed by atoms with Crippen LogP contribution in [0.25, 0.3) is 0 Å². The second-order valence-electron chi connectivity index (χ2n) is 3.97. The predicted molar refractivity (Wildman–Crippen MR) is 82.0 cm³/mol. The third-order valence-corrected chi connectivity index (χ3v) is 5.77. The zero-order valence-electron chi connectivity index (χ0n) is 10.0. The first-order valence-corrected chi connectivity index (χ1v) is 9.06. The average Bonchev–Trinajstić information content (AvgIpc) is 2.24. The lowest BCUT2D eigenvalue weighted by molar-refractivity contribution is 0.372. The van der Waals surface area contributed by atoms with Crippen molar-refractivity contribution in [3.05, 3.63) is 27.7 Å². The molecular weight excluding hydrogens is 405 g/mol. The second-order valence-corrected chi connectivity index (χ2v) is 7.95. The Morgan fingerprint density at radius 1 is 1.39 bits per heavy atom. The molecule has 1 rings (SSSR count). The maximum atomic E-state index is 12.5. The van der Waals surface area contributed by atoms with Crippen molar-refractivity contribution in [2.75, 3.05) is 11.9 Å². The normalized spacial score (nSPS) is 12.4. The van der Waals surface area contributed by atoms with Crippen LogP contribution in [0.5, 0.6) is 0 Å². The molecule has 0 aliphatic heterocycles. The third-order valence-electron chi connectivity index (χ3n) is 2.36. The number of sulfonamides is 1. The Morgan fingerprint density at radius 3 is 2.44 bits per heavy atom. The van der Waals surface area contributed by atoms with E-state index in [1.54, 1.807) is 12.1 Å². The monoisotopic (exact) mass is 417 g/mol. The van der Waals surface area contributed by atoms with Gasteiger partial charge in [0.2, 0.25) is 10.0 Å². The standard InChI is InChI=1S/C11H14Br2ClNO2S/c1-8(2)15(6-5-12)18(16,17)11-4-3-9(13)7-10(11)14/h3-4,7-8H,5-6H2,1-2H3. The zero-order chi connectivity index (χ0) is 13.9. The van der Waals surface area contributed by atoms with Crippen LogP contribution in [0.1, 0.15) is 13.8 Å². The molecule has 7 heteroatoms. The summed E-state index contributed by atoms with van der Waals surface area (Å²) in [4.78, 5) is 0.141. The van der Waals surface area contributed by atoms with Crippen molar-refractivity contribution in [1.29, 1.82) is 0 Å². The molecule has 102 valence electrons. The van der Waals surface area contributed by atoms with Crippen LogP contribution in [-0.4, -0.2) is 30.6 Å². The van der Waals surface area contributed by atoms with Gasteiger partial charge >= 0.3 is 0 Å². The third kappa shape index (κ3) is 3.70. The van der Waals surface area contributed by atoms with Gasteiger partial charge in [-0.25, -0.2) is 8.42 Å². The Bertz CT molecular complexity index is 520. The number of benzene rings is 1. The van der Waals surface area contributed by atoms with Crippen molar-refractivity contribution in [2.24, 2.45) is 0 Å². The van der Waals surface area contributed by atoms with Gasteiger partial charge in [0.1, 0.15) is 4.90 Å². The van der Waals surface area contributed by atoms with Crippen LogP contribution in [0.2, 0.25) is 5.02 Å². The van der Waals surface area contributed by atoms with Crippen molar-refractivity contribution in [2.45, 2.75) is 24.8 Å². The van der Waals surface area contributed by atoms with Gasteiger partial charge in [-0.1, -0.05) is 43.5 Å². The summed E-state index contributed by atoms with van der Waals surface area (Å²) in [6, 6.07) is 4.66. The molecule has 0 unspecified atom stereocenters. The van der Waals surface area contributed by atoms with Gasteiger partial charge in [0, 0.05) is 22.4 Å². The number of hydrogen-bond donors (Lipinski definition) is 0. The fourth-order valence-corrected chi connectivity index (χ4v) is 4.82. The molecule has 18 heavy (non-hydrogen) atoms. The van der Waals surface area contributed by atoms with E-state index in [1.165, 1.54) is 10.4 Å². The lowest BCUT2D eigenvalue weighted by Crippen LogP contribution is -2.38. The summed E-state index contributed by atoms with van der Waals surface area (Å²) in [6.45, 7) is 4.09. The van der Waals surface area contributed by atoms with Crippen molar-refractivity contribution in [3.8, 4) is 0 Å². The van der Waals surface area contributed by atoms with E-state index in [-0.39, 0.29) is 16.0 Å². The Labute approximate surface area is 130 Å². The number of halogens is 3. The molecule has 0 saturated carbocycles. The molecule has 3 nitrogen and oxygen atoms in total. The molecule has 0 saturated heterocycles. The van der Waals surface area contributed by atoms with Crippen molar-refractivity contribution in [3.63, 3.8) is 0 Å². The summed E-state index contributed by atoms with van der Waals surface area (Å²) in [7, 11) is -3.56. The maximum absolute atomic E-state index is 12.5. The highest BCUT2D eigenvalue weighted by Crippen LogP contribution is 2.28. The van der Waals surface area contributed by atoms with Crippen LogP contribution in [0.4, 0.5) is 0 Å². The lowest BCUT2D eigenvalue weighted by Gasteiger charge is -2.25. The molecule has 0 fully saturated rings. The van der Waals surface area contributed by atoms with Crippen LogP contribution in [0, 0.1) is 0 Å². The van der Waals surface area contributed by atoms with Gasteiger partial charge in [-0.15, -0.1) is 0 Å².